The number of hydrogen-bond donors (Lipinski definition) is 1. The van der Waals surface area contributed by atoms with Crippen molar-refractivity contribution in [2.24, 2.45) is 5.92 Å². The zero-order valence-corrected chi connectivity index (χ0v) is 14.9. The predicted molar refractivity (Wildman–Crippen MR) is 93.1 cm³/mol. The summed E-state index contributed by atoms with van der Waals surface area (Å²) in [6.45, 7) is 6.65. The van der Waals surface area contributed by atoms with Crippen LogP contribution in [0.5, 0.6) is 5.75 Å². The lowest BCUT2D eigenvalue weighted by Crippen LogP contribution is -2.34. The Morgan fingerprint density at radius 2 is 2.04 bits per heavy atom. The summed E-state index contributed by atoms with van der Waals surface area (Å²) < 4.78 is 5.10. The molecular formula is C17H25ClN2O3. The standard InChI is InChI=1S/C17H25ClN2O3/c1-12(2)7-9-19-17(22)8-10-20(13(3)21)14-5-6-16(23-4)15(18)11-14/h5-6,11-12H,7-10H2,1-4H3,(H,19,22). The van der Waals surface area contributed by atoms with Crippen LogP contribution < -0.4 is 15.0 Å². The average molecular weight is 341 g/mol. The monoisotopic (exact) mass is 340 g/mol. The maximum Gasteiger partial charge on any atom is 0.223 e. The Labute approximate surface area is 142 Å². The van der Waals surface area contributed by atoms with Crippen LogP contribution in [0.3, 0.4) is 0 Å². The van der Waals surface area contributed by atoms with Gasteiger partial charge in [-0.15, -0.1) is 0 Å². The van der Waals surface area contributed by atoms with Crippen LogP contribution in [0.25, 0.3) is 0 Å². The Morgan fingerprint density at radius 1 is 1.35 bits per heavy atom. The summed E-state index contributed by atoms with van der Waals surface area (Å²) in [7, 11) is 1.53. The third-order valence-electron chi connectivity index (χ3n) is 3.43. The number of ether oxygens (including phenoxy) is 1. The minimum absolute atomic E-state index is 0.0588. The molecule has 0 aromatic heterocycles. The van der Waals surface area contributed by atoms with Crippen molar-refractivity contribution in [3.8, 4) is 5.75 Å². The van der Waals surface area contributed by atoms with Crippen molar-refractivity contribution in [2.45, 2.75) is 33.6 Å². The fourth-order valence-corrected chi connectivity index (χ4v) is 2.35. The first-order valence-corrected chi connectivity index (χ1v) is 8.11. The number of halogens is 1. The van der Waals surface area contributed by atoms with Crippen LogP contribution in [-0.2, 0) is 9.59 Å². The maximum absolute atomic E-state index is 11.9. The highest BCUT2D eigenvalue weighted by molar-refractivity contribution is 6.32. The first kappa shape index (κ1) is 19.3. The second-order valence-electron chi connectivity index (χ2n) is 5.77. The van der Waals surface area contributed by atoms with E-state index in [-0.39, 0.29) is 18.2 Å². The first-order chi connectivity index (χ1) is 10.8. The number of hydrogen-bond acceptors (Lipinski definition) is 3. The first-order valence-electron chi connectivity index (χ1n) is 7.73. The van der Waals surface area contributed by atoms with Gasteiger partial charge in [-0.2, -0.15) is 0 Å². The minimum Gasteiger partial charge on any atom is -0.495 e. The molecule has 0 saturated carbocycles. The molecule has 0 aliphatic heterocycles. The summed E-state index contributed by atoms with van der Waals surface area (Å²) in [6.07, 6.45) is 1.19. The van der Waals surface area contributed by atoms with E-state index >= 15 is 0 Å². The van der Waals surface area contributed by atoms with E-state index in [0.717, 1.165) is 6.42 Å². The molecular weight excluding hydrogens is 316 g/mol. The molecule has 5 nitrogen and oxygen atoms in total. The van der Waals surface area contributed by atoms with Gasteiger partial charge in [-0.25, -0.2) is 0 Å². The quantitative estimate of drug-likeness (QED) is 0.790. The molecule has 0 heterocycles. The van der Waals surface area contributed by atoms with Crippen molar-refractivity contribution in [3.05, 3.63) is 23.2 Å². The van der Waals surface area contributed by atoms with E-state index in [4.69, 9.17) is 16.3 Å². The van der Waals surface area contributed by atoms with E-state index in [9.17, 15) is 9.59 Å². The molecule has 0 fully saturated rings. The van der Waals surface area contributed by atoms with Gasteiger partial charge in [-0.3, -0.25) is 9.59 Å². The van der Waals surface area contributed by atoms with Crippen molar-refractivity contribution >= 4 is 29.1 Å². The third-order valence-corrected chi connectivity index (χ3v) is 3.73. The molecule has 0 bridgehead atoms. The third kappa shape index (κ3) is 6.48. The highest BCUT2D eigenvalue weighted by Crippen LogP contribution is 2.29. The number of nitrogens with one attached hydrogen (secondary N) is 1. The van der Waals surface area contributed by atoms with Crippen LogP contribution in [0, 0.1) is 5.92 Å². The zero-order chi connectivity index (χ0) is 17.4. The Morgan fingerprint density at radius 3 is 2.57 bits per heavy atom. The molecule has 0 radical (unpaired) electrons. The number of carbonyl (C=O) groups is 2. The average Bonchev–Trinajstić information content (AvgIpc) is 2.46. The molecule has 23 heavy (non-hydrogen) atoms. The lowest BCUT2D eigenvalue weighted by atomic mass is 10.1. The summed E-state index contributed by atoms with van der Waals surface area (Å²) in [6, 6.07) is 5.12. The minimum atomic E-state index is -0.138. The molecule has 1 N–H and O–H groups in total. The number of carbonyl (C=O) groups excluding carboxylic acids is 2. The highest BCUT2D eigenvalue weighted by Gasteiger charge is 2.15. The van der Waals surface area contributed by atoms with Crippen molar-refractivity contribution in [3.63, 3.8) is 0 Å². The van der Waals surface area contributed by atoms with Crippen molar-refractivity contribution in [2.75, 3.05) is 25.1 Å². The van der Waals surface area contributed by atoms with E-state index in [1.165, 1.54) is 18.9 Å². The van der Waals surface area contributed by atoms with Crippen LogP contribution in [0.4, 0.5) is 5.69 Å². The molecule has 0 aliphatic carbocycles. The zero-order valence-electron chi connectivity index (χ0n) is 14.2. The van der Waals surface area contributed by atoms with Crippen molar-refractivity contribution < 1.29 is 14.3 Å². The van der Waals surface area contributed by atoms with Gasteiger partial charge in [0.1, 0.15) is 5.75 Å². The normalized spacial score (nSPS) is 10.5. The van der Waals surface area contributed by atoms with Gasteiger partial charge in [0.25, 0.3) is 0 Å². The van der Waals surface area contributed by atoms with Crippen molar-refractivity contribution in [1.82, 2.24) is 5.32 Å². The van der Waals surface area contributed by atoms with Gasteiger partial charge in [0.2, 0.25) is 11.8 Å². The van der Waals surface area contributed by atoms with Gasteiger partial charge >= 0.3 is 0 Å². The number of nitrogens with zero attached hydrogens (tertiary/aromatic N) is 1. The molecule has 0 atom stereocenters. The molecule has 0 aliphatic rings. The van der Waals surface area contributed by atoms with Gasteiger partial charge < -0.3 is 15.0 Å². The Kier molecular flexibility index (Phi) is 7.89. The topological polar surface area (TPSA) is 58.6 Å². The molecule has 1 aromatic carbocycles. The van der Waals surface area contributed by atoms with Gasteiger partial charge in [0.15, 0.2) is 0 Å². The fourth-order valence-electron chi connectivity index (χ4n) is 2.09. The largest absolute Gasteiger partial charge is 0.495 e. The molecule has 128 valence electrons. The fraction of sp³-hybridized carbons (Fsp3) is 0.529. The van der Waals surface area contributed by atoms with Crippen LogP contribution in [0.1, 0.15) is 33.6 Å². The smallest absolute Gasteiger partial charge is 0.223 e. The maximum atomic E-state index is 11.9. The molecule has 6 heteroatoms. The SMILES string of the molecule is COc1ccc(N(CCC(=O)NCCC(C)C)C(C)=O)cc1Cl. The number of anilines is 1. The van der Waals surface area contributed by atoms with Crippen LogP contribution >= 0.6 is 11.6 Å². The summed E-state index contributed by atoms with van der Waals surface area (Å²) in [5.41, 5.74) is 0.651. The van der Waals surface area contributed by atoms with Gasteiger partial charge in [-0.1, -0.05) is 25.4 Å². The highest BCUT2D eigenvalue weighted by atomic mass is 35.5. The summed E-state index contributed by atoms with van der Waals surface area (Å²) >= 11 is 6.10. The van der Waals surface area contributed by atoms with E-state index in [1.807, 2.05) is 0 Å². The number of rotatable bonds is 8. The second kappa shape index (κ2) is 9.40. The lowest BCUT2D eigenvalue weighted by Gasteiger charge is -2.21. The summed E-state index contributed by atoms with van der Waals surface area (Å²) in [5.74, 6) is 0.897. The molecule has 1 rings (SSSR count). The van der Waals surface area contributed by atoms with Crippen LogP contribution in [0.15, 0.2) is 18.2 Å². The lowest BCUT2D eigenvalue weighted by molar-refractivity contribution is -0.121. The summed E-state index contributed by atoms with van der Waals surface area (Å²) in [4.78, 5) is 25.2. The molecule has 2 amide bonds. The van der Waals surface area contributed by atoms with Crippen LogP contribution in [-0.4, -0.2) is 32.0 Å². The van der Waals surface area contributed by atoms with E-state index in [2.05, 4.69) is 19.2 Å². The van der Waals surface area contributed by atoms with Gasteiger partial charge in [-0.05, 0) is 30.5 Å². The number of amides is 2. The van der Waals surface area contributed by atoms with Crippen molar-refractivity contribution in [1.29, 1.82) is 0 Å². The molecule has 0 saturated heterocycles. The second-order valence-corrected chi connectivity index (χ2v) is 6.18. The number of benzene rings is 1. The van der Waals surface area contributed by atoms with E-state index in [1.54, 1.807) is 18.2 Å². The Balaban J connectivity index is 2.64. The van der Waals surface area contributed by atoms with Gasteiger partial charge in [0.05, 0.1) is 12.1 Å². The Bertz CT molecular complexity index is 547. The van der Waals surface area contributed by atoms with Gasteiger partial charge in [0, 0.05) is 32.1 Å². The Hall–Kier alpha value is -1.75. The van der Waals surface area contributed by atoms with Crippen LogP contribution in [0.2, 0.25) is 5.02 Å². The molecule has 1 aromatic rings. The molecule has 0 unspecified atom stereocenters. The van der Waals surface area contributed by atoms with E-state index < -0.39 is 0 Å². The summed E-state index contributed by atoms with van der Waals surface area (Å²) in [5, 5.41) is 3.29. The predicted octanol–water partition coefficient (Wildman–Crippen LogP) is 3.25. The molecule has 0 spiro atoms. The number of methoxy groups -OCH3 is 1. The van der Waals surface area contributed by atoms with E-state index in [0.29, 0.717) is 35.5 Å².